The number of hydrogen-bond acceptors (Lipinski definition) is 7. The lowest BCUT2D eigenvalue weighted by atomic mass is 10.0. The minimum absolute atomic E-state index is 0.0746. The van der Waals surface area contributed by atoms with Crippen molar-refractivity contribution >= 4 is 33.3 Å². The lowest BCUT2D eigenvalue weighted by Crippen LogP contribution is -2.52. The Morgan fingerprint density at radius 3 is 2.67 bits per heavy atom. The summed E-state index contributed by atoms with van der Waals surface area (Å²) in [6.45, 7) is 6.52. The molecule has 2 N–H and O–H groups in total. The van der Waals surface area contributed by atoms with Gasteiger partial charge in [0.2, 0.25) is 5.91 Å². The number of fused-ring (bicyclic) bond motifs is 1. The average Bonchev–Trinajstić information content (AvgIpc) is 3.10. The fourth-order valence-electron chi connectivity index (χ4n) is 3.74. The maximum absolute atomic E-state index is 12.2. The third kappa shape index (κ3) is 4.77. The lowest BCUT2D eigenvalue weighted by molar-refractivity contribution is -0.126. The molecule has 8 heteroatoms. The quantitative estimate of drug-likeness (QED) is 0.568. The van der Waals surface area contributed by atoms with Crippen LogP contribution in [0, 0.1) is 6.92 Å². The van der Waals surface area contributed by atoms with Gasteiger partial charge in [0.1, 0.15) is 17.0 Å². The molecule has 0 unspecified atom stereocenters. The Morgan fingerprint density at radius 2 is 1.90 bits per heavy atom. The van der Waals surface area contributed by atoms with E-state index in [1.54, 1.807) is 17.7 Å². The zero-order valence-electron chi connectivity index (χ0n) is 17.5. The second kappa shape index (κ2) is 9.51. The van der Waals surface area contributed by atoms with Gasteiger partial charge in [-0.2, -0.15) is 0 Å². The van der Waals surface area contributed by atoms with Gasteiger partial charge in [-0.05, 0) is 26.0 Å². The number of hydrogen-bond donors (Lipinski definition) is 2. The predicted octanol–water partition coefficient (Wildman–Crippen LogP) is 3.14. The summed E-state index contributed by atoms with van der Waals surface area (Å²) in [4.78, 5) is 25.7. The van der Waals surface area contributed by atoms with Gasteiger partial charge in [-0.25, -0.2) is 15.0 Å². The minimum Gasteiger partial charge on any atom is -0.369 e. The van der Waals surface area contributed by atoms with Crippen molar-refractivity contribution < 1.29 is 4.79 Å². The normalized spacial score (nSPS) is 15.4. The number of thiophene rings is 1. The molecule has 0 spiro atoms. The molecule has 0 radical (unpaired) electrons. The van der Waals surface area contributed by atoms with Crippen molar-refractivity contribution in [3.8, 4) is 11.1 Å². The molecule has 0 aliphatic carbocycles. The molecule has 158 valence electrons. The van der Waals surface area contributed by atoms with Crippen LogP contribution in [0.4, 0.5) is 5.82 Å². The second-order valence-corrected chi connectivity index (χ2v) is 8.86. The summed E-state index contributed by atoms with van der Waals surface area (Å²) in [6.07, 6.45) is 2.84. The zero-order chi connectivity index (χ0) is 20.9. The van der Waals surface area contributed by atoms with Crippen molar-refractivity contribution in [2.45, 2.75) is 19.8 Å². The molecule has 7 nitrogen and oxygen atoms in total. The van der Waals surface area contributed by atoms with Crippen LogP contribution >= 0.6 is 11.3 Å². The first-order valence-corrected chi connectivity index (χ1v) is 11.2. The standard InChI is InChI=1S/C22H28N6OS/c1-16-19(17-7-4-3-5-8-17)20-21(24-15-25-22(20)30-16)23-10-6-9-18(29)26-28-13-11-27(2)12-14-28/h3-5,7-8,15H,6,9-14H2,1-2H3,(H,26,29)(H,23,24,25). The molecule has 1 aliphatic rings. The molecule has 30 heavy (non-hydrogen) atoms. The van der Waals surface area contributed by atoms with Crippen LogP contribution in [0.15, 0.2) is 36.7 Å². The van der Waals surface area contributed by atoms with E-state index in [2.05, 4.69) is 51.7 Å². The molecule has 0 saturated carbocycles. The third-order valence-electron chi connectivity index (χ3n) is 5.39. The summed E-state index contributed by atoms with van der Waals surface area (Å²) in [6, 6.07) is 10.4. The van der Waals surface area contributed by atoms with Crippen molar-refractivity contribution in [1.29, 1.82) is 0 Å². The fourth-order valence-corrected chi connectivity index (χ4v) is 4.75. The summed E-state index contributed by atoms with van der Waals surface area (Å²) in [5, 5.41) is 6.51. The number of hydrazine groups is 1. The molecule has 3 heterocycles. The van der Waals surface area contributed by atoms with Crippen LogP contribution in [0.2, 0.25) is 0 Å². The zero-order valence-corrected chi connectivity index (χ0v) is 18.3. The lowest BCUT2D eigenvalue weighted by Gasteiger charge is -2.32. The van der Waals surface area contributed by atoms with Gasteiger partial charge in [0.25, 0.3) is 0 Å². The Morgan fingerprint density at radius 1 is 1.13 bits per heavy atom. The molecule has 0 atom stereocenters. The largest absolute Gasteiger partial charge is 0.369 e. The molecule has 1 aliphatic heterocycles. The van der Waals surface area contributed by atoms with Crippen LogP contribution in [-0.4, -0.2) is 65.6 Å². The van der Waals surface area contributed by atoms with Crippen LogP contribution in [0.3, 0.4) is 0 Å². The highest BCUT2D eigenvalue weighted by atomic mass is 32.1. The van der Waals surface area contributed by atoms with Crippen LogP contribution in [0.25, 0.3) is 21.3 Å². The highest BCUT2D eigenvalue weighted by Gasteiger charge is 2.17. The molecule has 4 rings (SSSR count). The van der Waals surface area contributed by atoms with Crippen LogP contribution < -0.4 is 10.7 Å². The molecule has 3 aromatic rings. The fraction of sp³-hybridized carbons (Fsp3) is 0.409. The Bertz CT molecular complexity index is 998. The number of piperazine rings is 1. The highest BCUT2D eigenvalue weighted by molar-refractivity contribution is 7.19. The van der Waals surface area contributed by atoms with Gasteiger partial charge in [-0.3, -0.25) is 10.2 Å². The van der Waals surface area contributed by atoms with Gasteiger partial charge in [-0.1, -0.05) is 30.3 Å². The number of benzene rings is 1. The number of nitrogens with zero attached hydrogens (tertiary/aromatic N) is 4. The maximum atomic E-state index is 12.2. The number of nitrogens with one attached hydrogen (secondary N) is 2. The molecule has 1 saturated heterocycles. The molecule has 0 bridgehead atoms. The van der Waals surface area contributed by atoms with Crippen molar-refractivity contribution in [3.05, 3.63) is 41.5 Å². The minimum atomic E-state index is 0.0746. The van der Waals surface area contributed by atoms with E-state index in [0.29, 0.717) is 13.0 Å². The van der Waals surface area contributed by atoms with Crippen LogP contribution in [-0.2, 0) is 4.79 Å². The van der Waals surface area contributed by atoms with E-state index < -0.39 is 0 Å². The molecular weight excluding hydrogens is 396 g/mol. The number of carbonyl (C=O) groups is 1. The van der Waals surface area contributed by atoms with E-state index in [0.717, 1.165) is 48.6 Å². The smallest absolute Gasteiger partial charge is 0.234 e. The van der Waals surface area contributed by atoms with Gasteiger partial charge < -0.3 is 10.2 Å². The summed E-state index contributed by atoms with van der Waals surface area (Å²) in [5.74, 6) is 0.910. The first-order chi connectivity index (χ1) is 14.6. The van der Waals surface area contributed by atoms with Crippen molar-refractivity contribution in [1.82, 2.24) is 25.3 Å². The maximum Gasteiger partial charge on any atom is 0.234 e. The van der Waals surface area contributed by atoms with Crippen molar-refractivity contribution in [3.63, 3.8) is 0 Å². The number of amides is 1. The summed E-state index contributed by atoms with van der Waals surface area (Å²) in [5.41, 5.74) is 5.38. The Hall–Kier alpha value is -2.55. The number of aromatic nitrogens is 2. The summed E-state index contributed by atoms with van der Waals surface area (Å²) in [7, 11) is 2.10. The first-order valence-electron chi connectivity index (χ1n) is 10.4. The van der Waals surface area contributed by atoms with Gasteiger partial charge in [0.05, 0.1) is 5.39 Å². The van der Waals surface area contributed by atoms with Crippen LogP contribution in [0.1, 0.15) is 17.7 Å². The molecule has 1 aromatic carbocycles. The van der Waals surface area contributed by atoms with E-state index in [4.69, 9.17) is 0 Å². The molecule has 1 fully saturated rings. The number of aryl methyl sites for hydroxylation is 1. The van der Waals surface area contributed by atoms with E-state index in [9.17, 15) is 4.79 Å². The predicted molar refractivity (Wildman–Crippen MR) is 123 cm³/mol. The van der Waals surface area contributed by atoms with Gasteiger partial charge >= 0.3 is 0 Å². The molecule has 2 aromatic heterocycles. The summed E-state index contributed by atoms with van der Waals surface area (Å²) < 4.78 is 0. The first kappa shape index (κ1) is 20.7. The molecule has 1 amide bonds. The summed E-state index contributed by atoms with van der Waals surface area (Å²) >= 11 is 1.69. The number of carbonyl (C=O) groups excluding carboxylic acids is 1. The SMILES string of the molecule is Cc1sc2ncnc(NCCCC(=O)NN3CCN(C)CC3)c2c1-c1ccccc1. The number of rotatable bonds is 7. The monoisotopic (exact) mass is 424 g/mol. The van der Waals surface area contributed by atoms with Crippen LogP contribution in [0.5, 0.6) is 0 Å². The Labute approximate surface area is 181 Å². The number of anilines is 1. The van der Waals surface area contributed by atoms with E-state index in [1.165, 1.54) is 16.0 Å². The second-order valence-electron chi connectivity index (χ2n) is 7.66. The van der Waals surface area contributed by atoms with E-state index in [1.807, 2.05) is 23.2 Å². The molecular formula is C22H28N6OS. The van der Waals surface area contributed by atoms with Crippen molar-refractivity contribution in [2.75, 3.05) is 45.1 Å². The van der Waals surface area contributed by atoms with Gasteiger partial charge in [0, 0.05) is 49.6 Å². The Kier molecular flexibility index (Phi) is 6.56. The van der Waals surface area contributed by atoms with Gasteiger partial charge in [-0.15, -0.1) is 11.3 Å². The highest BCUT2D eigenvalue weighted by Crippen LogP contribution is 2.40. The average molecular weight is 425 g/mol. The topological polar surface area (TPSA) is 73.4 Å². The van der Waals surface area contributed by atoms with Crippen molar-refractivity contribution in [2.24, 2.45) is 0 Å². The van der Waals surface area contributed by atoms with E-state index >= 15 is 0 Å². The third-order valence-corrected chi connectivity index (χ3v) is 6.40. The number of likely N-dealkylation sites (N-methyl/N-ethyl adjacent to an activating group) is 1. The van der Waals surface area contributed by atoms with E-state index in [-0.39, 0.29) is 5.91 Å². The van der Waals surface area contributed by atoms with Gasteiger partial charge in [0.15, 0.2) is 0 Å². The Balaban J connectivity index is 1.37.